The number of hydrogen-bond acceptors (Lipinski definition) is 6. The average molecular weight is 521 g/mol. The molecule has 1 fully saturated rings. The van der Waals surface area contributed by atoms with Gasteiger partial charge in [-0.3, -0.25) is 9.59 Å². The van der Waals surface area contributed by atoms with Gasteiger partial charge in [0.1, 0.15) is 22.9 Å². The summed E-state index contributed by atoms with van der Waals surface area (Å²) in [6, 6.07) is 2.54. The van der Waals surface area contributed by atoms with Gasteiger partial charge in [0.15, 0.2) is 5.65 Å². The molecule has 32 heavy (non-hydrogen) atoms. The van der Waals surface area contributed by atoms with Gasteiger partial charge < -0.3 is 19.5 Å². The van der Waals surface area contributed by atoms with E-state index in [-0.39, 0.29) is 24.5 Å². The number of nitrogens with one attached hydrogen (secondary N) is 1. The Kier molecular flexibility index (Phi) is 7.69. The number of rotatable bonds is 9. The standard InChI is InChI=1S/C21H29BrN6O3Si/c1-5-16(21(30)27-10-14(8-23)11-27)25-20(29)15-12-28(13-31-6-7-32(2,3)4)19-18(15)26-17(22)9-24-19/h9,12,14,16H,5-7,10-11,13H2,1-4H3,(H,25,29)/t16-/m1/s1. The van der Waals surface area contributed by atoms with Gasteiger partial charge in [-0.1, -0.05) is 26.6 Å². The molecule has 1 aliphatic heterocycles. The first-order valence-corrected chi connectivity index (χ1v) is 15.2. The number of nitrogens with zero attached hydrogens (tertiary/aromatic N) is 5. The lowest BCUT2D eigenvalue weighted by Crippen LogP contribution is -2.56. The van der Waals surface area contributed by atoms with Gasteiger partial charge >= 0.3 is 0 Å². The molecule has 0 aromatic carbocycles. The van der Waals surface area contributed by atoms with Crippen LogP contribution in [-0.2, 0) is 16.3 Å². The molecule has 0 aliphatic carbocycles. The van der Waals surface area contributed by atoms with Crippen molar-refractivity contribution in [2.24, 2.45) is 5.92 Å². The van der Waals surface area contributed by atoms with Gasteiger partial charge in [0.05, 0.1) is 23.7 Å². The van der Waals surface area contributed by atoms with Gasteiger partial charge in [0, 0.05) is 34.0 Å². The summed E-state index contributed by atoms with van der Waals surface area (Å²) in [7, 11) is -1.20. The number of amides is 2. The first-order valence-electron chi connectivity index (χ1n) is 10.7. The van der Waals surface area contributed by atoms with Crippen LogP contribution in [-0.4, -0.2) is 65.1 Å². The molecule has 1 saturated heterocycles. The average Bonchev–Trinajstić information content (AvgIpc) is 3.05. The summed E-state index contributed by atoms with van der Waals surface area (Å²) in [5.74, 6) is -0.683. The predicted molar refractivity (Wildman–Crippen MR) is 127 cm³/mol. The van der Waals surface area contributed by atoms with Crippen molar-refractivity contribution in [3.05, 3.63) is 22.6 Å². The van der Waals surface area contributed by atoms with E-state index in [1.54, 1.807) is 21.9 Å². The van der Waals surface area contributed by atoms with E-state index >= 15 is 0 Å². The zero-order valence-corrected chi connectivity index (χ0v) is 21.5. The fourth-order valence-electron chi connectivity index (χ4n) is 3.37. The maximum absolute atomic E-state index is 13.1. The Bertz CT molecular complexity index is 1040. The first-order chi connectivity index (χ1) is 15.1. The van der Waals surface area contributed by atoms with Crippen LogP contribution in [0, 0.1) is 17.2 Å². The molecule has 11 heteroatoms. The van der Waals surface area contributed by atoms with Crippen molar-refractivity contribution in [3.63, 3.8) is 0 Å². The van der Waals surface area contributed by atoms with Gasteiger partial charge in [-0.25, -0.2) is 9.97 Å². The second-order valence-electron chi connectivity index (χ2n) is 9.23. The van der Waals surface area contributed by atoms with Crippen LogP contribution >= 0.6 is 15.9 Å². The van der Waals surface area contributed by atoms with Crippen LogP contribution in [0.5, 0.6) is 0 Å². The highest BCUT2D eigenvalue weighted by molar-refractivity contribution is 9.10. The Labute approximate surface area is 197 Å². The molecule has 9 nitrogen and oxygen atoms in total. The van der Waals surface area contributed by atoms with Crippen molar-refractivity contribution < 1.29 is 14.3 Å². The van der Waals surface area contributed by atoms with E-state index in [0.717, 1.165) is 6.04 Å². The van der Waals surface area contributed by atoms with E-state index in [9.17, 15) is 9.59 Å². The molecule has 0 spiro atoms. The maximum Gasteiger partial charge on any atom is 0.255 e. The third kappa shape index (κ3) is 5.73. The lowest BCUT2D eigenvalue weighted by molar-refractivity contribution is -0.138. The highest BCUT2D eigenvalue weighted by Gasteiger charge is 2.35. The number of carbonyl (C=O) groups excluding carboxylic acids is 2. The molecule has 2 amide bonds. The van der Waals surface area contributed by atoms with Crippen molar-refractivity contribution in [3.8, 4) is 6.07 Å². The van der Waals surface area contributed by atoms with Crippen LogP contribution in [0.4, 0.5) is 0 Å². The van der Waals surface area contributed by atoms with Crippen LogP contribution in [0.1, 0.15) is 23.7 Å². The summed E-state index contributed by atoms with van der Waals surface area (Å²) in [5, 5.41) is 11.8. The smallest absolute Gasteiger partial charge is 0.255 e. The highest BCUT2D eigenvalue weighted by Crippen LogP contribution is 2.21. The van der Waals surface area contributed by atoms with Crippen molar-refractivity contribution in [1.82, 2.24) is 24.8 Å². The van der Waals surface area contributed by atoms with Crippen LogP contribution in [0.2, 0.25) is 25.7 Å². The predicted octanol–water partition coefficient (Wildman–Crippen LogP) is 3.00. The third-order valence-corrected chi connectivity index (χ3v) is 7.48. The number of fused-ring (bicyclic) bond motifs is 1. The van der Waals surface area contributed by atoms with Crippen LogP contribution in [0.3, 0.4) is 0 Å². The molecule has 2 aromatic rings. The molecule has 1 atom stereocenters. The summed E-state index contributed by atoms with van der Waals surface area (Å²) in [5.41, 5.74) is 1.33. The number of aromatic nitrogens is 3. The summed E-state index contributed by atoms with van der Waals surface area (Å²) in [6.45, 7) is 10.5. The maximum atomic E-state index is 13.1. The second kappa shape index (κ2) is 10.1. The molecule has 172 valence electrons. The van der Waals surface area contributed by atoms with Crippen LogP contribution < -0.4 is 5.32 Å². The number of ether oxygens (including phenoxy) is 1. The van der Waals surface area contributed by atoms with Gasteiger partial charge in [-0.15, -0.1) is 0 Å². The Morgan fingerprint density at radius 3 is 2.75 bits per heavy atom. The Hall–Kier alpha value is -2.29. The second-order valence-corrected chi connectivity index (χ2v) is 15.7. The number of hydrogen-bond donors (Lipinski definition) is 1. The van der Waals surface area contributed by atoms with Gasteiger partial charge in [-0.2, -0.15) is 5.26 Å². The van der Waals surface area contributed by atoms with Crippen molar-refractivity contribution >= 4 is 47.0 Å². The molecule has 3 heterocycles. The summed E-state index contributed by atoms with van der Waals surface area (Å²) >= 11 is 3.32. The fraction of sp³-hybridized carbons (Fsp3) is 0.571. The minimum atomic E-state index is -1.20. The molecule has 0 radical (unpaired) electrons. The van der Waals surface area contributed by atoms with E-state index in [1.165, 1.54) is 0 Å². The summed E-state index contributed by atoms with van der Waals surface area (Å²) < 4.78 is 8.13. The zero-order chi connectivity index (χ0) is 23.5. The summed E-state index contributed by atoms with van der Waals surface area (Å²) in [4.78, 5) is 36.3. The molecule has 1 aliphatic rings. The third-order valence-electron chi connectivity index (χ3n) is 5.39. The van der Waals surface area contributed by atoms with Crippen molar-refractivity contribution in [2.75, 3.05) is 19.7 Å². The SMILES string of the molecule is CC[C@@H](NC(=O)c1cn(COCC[Si](C)(C)C)c2ncc(Br)nc12)C(=O)N1CC(C#N)C1. The largest absolute Gasteiger partial charge is 0.361 e. The van der Waals surface area contributed by atoms with E-state index in [4.69, 9.17) is 10.00 Å². The Balaban J connectivity index is 1.75. The lowest BCUT2D eigenvalue weighted by atomic mass is 10.00. The quantitative estimate of drug-likeness (QED) is 0.401. The number of halogens is 1. The molecule has 0 bridgehead atoms. The zero-order valence-electron chi connectivity index (χ0n) is 18.9. The molecule has 0 saturated carbocycles. The highest BCUT2D eigenvalue weighted by atomic mass is 79.9. The lowest BCUT2D eigenvalue weighted by Gasteiger charge is -2.37. The fourth-order valence-corrected chi connectivity index (χ4v) is 4.41. The topological polar surface area (TPSA) is 113 Å². The molecular weight excluding hydrogens is 492 g/mol. The molecule has 2 aromatic heterocycles. The summed E-state index contributed by atoms with van der Waals surface area (Å²) in [6.07, 6.45) is 3.70. The number of nitriles is 1. The van der Waals surface area contributed by atoms with E-state index in [1.807, 2.05) is 6.92 Å². The van der Waals surface area contributed by atoms with Gasteiger partial charge in [0.25, 0.3) is 5.91 Å². The molecule has 0 unspecified atom stereocenters. The number of likely N-dealkylation sites (tertiary alicyclic amines) is 1. The van der Waals surface area contributed by atoms with E-state index in [0.29, 0.717) is 47.4 Å². The minimum absolute atomic E-state index is 0.126. The monoisotopic (exact) mass is 520 g/mol. The molecule has 3 rings (SSSR count). The Morgan fingerprint density at radius 1 is 1.41 bits per heavy atom. The normalized spacial score (nSPS) is 15.3. The van der Waals surface area contributed by atoms with E-state index < -0.39 is 14.1 Å². The number of carbonyl (C=O) groups is 2. The van der Waals surface area contributed by atoms with Gasteiger partial charge in [-0.05, 0) is 28.4 Å². The molecular formula is C21H29BrN6O3Si. The van der Waals surface area contributed by atoms with Crippen molar-refractivity contribution in [2.45, 2.75) is 51.8 Å². The van der Waals surface area contributed by atoms with Crippen LogP contribution in [0.15, 0.2) is 17.0 Å². The van der Waals surface area contributed by atoms with E-state index in [2.05, 4.69) is 56.9 Å². The minimum Gasteiger partial charge on any atom is -0.361 e. The van der Waals surface area contributed by atoms with Gasteiger partial charge in [0.2, 0.25) is 5.91 Å². The molecule has 1 N–H and O–H groups in total. The van der Waals surface area contributed by atoms with Crippen molar-refractivity contribution in [1.29, 1.82) is 5.26 Å². The first kappa shape index (κ1) is 24.4. The Morgan fingerprint density at radius 2 is 2.12 bits per heavy atom. The van der Waals surface area contributed by atoms with Crippen LogP contribution in [0.25, 0.3) is 11.2 Å².